The van der Waals surface area contributed by atoms with Crippen molar-refractivity contribution in [3.05, 3.63) is 59.4 Å². The number of halogens is 1. The molecule has 2 rings (SSSR count). The molecule has 0 heterocycles. The number of carbonyl (C=O) groups excluding carboxylic acids is 1. The molecule has 0 saturated heterocycles. The third kappa shape index (κ3) is 4.33. The zero-order chi connectivity index (χ0) is 15.2. The quantitative estimate of drug-likeness (QED) is 0.770. The lowest BCUT2D eigenvalue weighted by atomic mass is 10.1. The molecule has 21 heavy (non-hydrogen) atoms. The summed E-state index contributed by atoms with van der Waals surface area (Å²) < 4.78 is 13.1. The number of anilines is 1. The molecule has 0 aliphatic carbocycles. The molecule has 1 amide bonds. The Balaban J connectivity index is 2.03. The first-order valence-corrected chi connectivity index (χ1v) is 7.43. The number of rotatable bonds is 5. The number of carbonyl (C=O) groups is 1. The summed E-state index contributed by atoms with van der Waals surface area (Å²) in [6.45, 7) is 2.16. The normalized spacial score (nSPS) is 10.4. The van der Waals surface area contributed by atoms with Crippen LogP contribution in [-0.4, -0.2) is 5.91 Å². The molecule has 0 aromatic heterocycles. The second-order valence-corrected chi connectivity index (χ2v) is 5.40. The predicted octanol–water partition coefficient (Wildman–Crippen LogP) is 4.71. The van der Waals surface area contributed by atoms with Crippen LogP contribution in [0, 0.1) is 5.82 Å². The molecule has 0 aliphatic rings. The number of unbranched alkanes of at least 4 members (excludes halogenated alkanes) is 1. The van der Waals surface area contributed by atoms with Gasteiger partial charge in [0.25, 0.3) is 5.91 Å². The second kappa shape index (κ2) is 7.27. The minimum absolute atomic E-state index is 0.164. The average molecular weight is 303 g/mol. The standard InChI is InChI=1S/C17H18FNOS/c1-2-3-4-12-5-8-14(9-6-12)19-17(20)13-7-10-15(18)16(21)11-13/h5-11,21H,2-4H2,1H3,(H,19,20). The van der Waals surface area contributed by atoms with Crippen LogP contribution in [0.3, 0.4) is 0 Å². The van der Waals surface area contributed by atoms with Crippen molar-refractivity contribution in [1.29, 1.82) is 0 Å². The number of benzene rings is 2. The molecule has 0 unspecified atom stereocenters. The van der Waals surface area contributed by atoms with Gasteiger partial charge in [0.2, 0.25) is 0 Å². The monoisotopic (exact) mass is 303 g/mol. The van der Waals surface area contributed by atoms with Crippen molar-refractivity contribution in [3.8, 4) is 0 Å². The summed E-state index contributed by atoms with van der Waals surface area (Å²) >= 11 is 3.98. The molecule has 0 atom stereocenters. The van der Waals surface area contributed by atoms with E-state index in [0.29, 0.717) is 5.56 Å². The Hall–Kier alpha value is -1.81. The lowest BCUT2D eigenvalue weighted by molar-refractivity contribution is 0.102. The van der Waals surface area contributed by atoms with Gasteiger partial charge in [0.1, 0.15) is 5.82 Å². The van der Waals surface area contributed by atoms with Gasteiger partial charge in [-0.25, -0.2) is 4.39 Å². The topological polar surface area (TPSA) is 29.1 Å². The number of aryl methyl sites for hydroxylation is 1. The highest BCUT2D eigenvalue weighted by molar-refractivity contribution is 7.80. The fraction of sp³-hybridized carbons (Fsp3) is 0.235. The van der Waals surface area contributed by atoms with Crippen molar-refractivity contribution in [3.63, 3.8) is 0 Å². The first kappa shape index (κ1) is 15.6. The first-order valence-electron chi connectivity index (χ1n) is 6.99. The van der Waals surface area contributed by atoms with Crippen molar-refractivity contribution in [2.75, 3.05) is 5.32 Å². The highest BCUT2D eigenvalue weighted by atomic mass is 32.1. The van der Waals surface area contributed by atoms with Gasteiger partial charge in [-0.1, -0.05) is 25.5 Å². The van der Waals surface area contributed by atoms with Gasteiger partial charge in [-0.05, 0) is 48.7 Å². The lowest BCUT2D eigenvalue weighted by Gasteiger charge is -2.07. The van der Waals surface area contributed by atoms with E-state index in [1.54, 1.807) is 0 Å². The maximum Gasteiger partial charge on any atom is 0.255 e. The van der Waals surface area contributed by atoms with Crippen molar-refractivity contribution < 1.29 is 9.18 Å². The van der Waals surface area contributed by atoms with E-state index in [4.69, 9.17) is 0 Å². The van der Waals surface area contributed by atoms with Gasteiger partial charge < -0.3 is 5.32 Å². The van der Waals surface area contributed by atoms with Crippen LogP contribution in [0.4, 0.5) is 10.1 Å². The van der Waals surface area contributed by atoms with Gasteiger partial charge in [0.15, 0.2) is 0 Å². The van der Waals surface area contributed by atoms with E-state index in [2.05, 4.69) is 24.9 Å². The number of hydrogen-bond donors (Lipinski definition) is 2. The summed E-state index contributed by atoms with van der Waals surface area (Å²) in [5.41, 5.74) is 2.37. The third-order valence-corrected chi connectivity index (χ3v) is 3.58. The summed E-state index contributed by atoms with van der Waals surface area (Å²) in [4.78, 5) is 12.2. The van der Waals surface area contributed by atoms with Crippen LogP contribution in [0.2, 0.25) is 0 Å². The molecular weight excluding hydrogens is 285 g/mol. The number of nitrogens with one attached hydrogen (secondary N) is 1. The summed E-state index contributed by atoms with van der Waals surface area (Å²) in [6.07, 6.45) is 3.37. The van der Waals surface area contributed by atoms with Crippen LogP contribution in [0.25, 0.3) is 0 Å². The Kier molecular flexibility index (Phi) is 5.39. The zero-order valence-corrected chi connectivity index (χ0v) is 12.8. The predicted molar refractivity (Wildman–Crippen MR) is 86.7 cm³/mol. The molecule has 0 fully saturated rings. The first-order chi connectivity index (χ1) is 10.1. The summed E-state index contributed by atoms with van der Waals surface area (Å²) in [6, 6.07) is 11.9. The lowest BCUT2D eigenvalue weighted by Crippen LogP contribution is -2.12. The molecule has 110 valence electrons. The summed E-state index contributed by atoms with van der Waals surface area (Å²) in [7, 11) is 0. The highest BCUT2D eigenvalue weighted by Crippen LogP contribution is 2.17. The van der Waals surface area contributed by atoms with Gasteiger partial charge in [0, 0.05) is 16.1 Å². The van der Waals surface area contributed by atoms with Crippen LogP contribution >= 0.6 is 12.6 Å². The molecule has 0 bridgehead atoms. The minimum Gasteiger partial charge on any atom is -0.322 e. The Morgan fingerprint density at radius 2 is 1.90 bits per heavy atom. The van der Waals surface area contributed by atoms with Gasteiger partial charge in [0.05, 0.1) is 0 Å². The van der Waals surface area contributed by atoms with Crippen LogP contribution in [-0.2, 0) is 6.42 Å². The molecule has 0 spiro atoms. The molecule has 0 radical (unpaired) electrons. The van der Waals surface area contributed by atoms with Crippen LogP contribution in [0.5, 0.6) is 0 Å². The molecular formula is C17H18FNOS. The average Bonchev–Trinajstić information content (AvgIpc) is 2.49. The molecule has 0 saturated carbocycles. The smallest absolute Gasteiger partial charge is 0.255 e. The third-order valence-electron chi connectivity index (χ3n) is 3.24. The molecule has 2 nitrogen and oxygen atoms in total. The number of hydrogen-bond acceptors (Lipinski definition) is 2. The van der Waals surface area contributed by atoms with E-state index in [1.165, 1.54) is 23.8 Å². The van der Waals surface area contributed by atoms with Gasteiger partial charge in [-0.3, -0.25) is 4.79 Å². The van der Waals surface area contributed by atoms with Crippen molar-refractivity contribution in [1.82, 2.24) is 0 Å². The van der Waals surface area contributed by atoms with E-state index in [1.807, 2.05) is 24.3 Å². The van der Waals surface area contributed by atoms with Crippen LogP contribution in [0.1, 0.15) is 35.7 Å². The molecule has 0 aliphatic heterocycles. The van der Waals surface area contributed by atoms with Crippen molar-refractivity contribution in [2.45, 2.75) is 31.1 Å². The number of amides is 1. The molecule has 1 N–H and O–H groups in total. The fourth-order valence-corrected chi connectivity index (χ4v) is 2.21. The van der Waals surface area contributed by atoms with Gasteiger partial charge in [-0.15, -0.1) is 12.6 Å². The number of thiol groups is 1. The van der Waals surface area contributed by atoms with Crippen LogP contribution in [0.15, 0.2) is 47.4 Å². The molecule has 2 aromatic rings. The molecule has 2 aromatic carbocycles. The fourth-order valence-electron chi connectivity index (χ4n) is 1.99. The molecule has 4 heteroatoms. The highest BCUT2D eigenvalue weighted by Gasteiger charge is 2.08. The minimum atomic E-state index is -0.435. The largest absolute Gasteiger partial charge is 0.322 e. The maximum absolute atomic E-state index is 13.1. The zero-order valence-electron chi connectivity index (χ0n) is 11.9. The van der Waals surface area contributed by atoms with Crippen molar-refractivity contribution in [2.24, 2.45) is 0 Å². The summed E-state index contributed by atoms with van der Waals surface area (Å²) in [5, 5.41) is 2.79. The second-order valence-electron chi connectivity index (χ2n) is 4.92. The Morgan fingerprint density at radius 1 is 1.19 bits per heavy atom. The van der Waals surface area contributed by atoms with E-state index < -0.39 is 5.82 Å². The SMILES string of the molecule is CCCCc1ccc(NC(=O)c2ccc(F)c(S)c2)cc1. The van der Waals surface area contributed by atoms with Crippen LogP contribution < -0.4 is 5.32 Å². The van der Waals surface area contributed by atoms with Gasteiger partial charge >= 0.3 is 0 Å². The Morgan fingerprint density at radius 3 is 2.52 bits per heavy atom. The van der Waals surface area contributed by atoms with E-state index in [9.17, 15) is 9.18 Å². The Bertz CT molecular complexity index is 625. The van der Waals surface area contributed by atoms with Gasteiger partial charge in [-0.2, -0.15) is 0 Å². The van der Waals surface area contributed by atoms with Crippen molar-refractivity contribution >= 4 is 24.2 Å². The van der Waals surface area contributed by atoms with E-state index in [0.717, 1.165) is 24.9 Å². The summed E-state index contributed by atoms with van der Waals surface area (Å²) in [5.74, 6) is -0.707. The van der Waals surface area contributed by atoms with E-state index >= 15 is 0 Å². The Labute approximate surface area is 129 Å². The van der Waals surface area contributed by atoms with E-state index in [-0.39, 0.29) is 10.8 Å². The maximum atomic E-state index is 13.1.